The Labute approximate surface area is 126 Å². The van der Waals surface area contributed by atoms with Crippen LogP contribution in [0.1, 0.15) is 52.2 Å². The van der Waals surface area contributed by atoms with Gasteiger partial charge in [-0.25, -0.2) is 4.79 Å². The van der Waals surface area contributed by atoms with Gasteiger partial charge in [0.15, 0.2) is 5.60 Å². The molecule has 1 saturated heterocycles. The molecular formula is C17H24O4. The Morgan fingerprint density at radius 3 is 2.48 bits per heavy atom. The van der Waals surface area contributed by atoms with Crippen molar-refractivity contribution < 1.29 is 19.0 Å². The lowest BCUT2D eigenvalue weighted by Gasteiger charge is -2.12. The zero-order valence-electron chi connectivity index (χ0n) is 13.2. The fraction of sp³-hybridized carbons (Fsp3) is 0.588. The molecule has 1 aromatic rings. The summed E-state index contributed by atoms with van der Waals surface area (Å²) in [6.07, 6.45) is 1.50. The van der Waals surface area contributed by atoms with E-state index in [4.69, 9.17) is 14.2 Å². The third-order valence-corrected chi connectivity index (χ3v) is 3.49. The second-order valence-corrected chi connectivity index (χ2v) is 5.59. The van der Waals surface area contributed by atoms with Gasteiger partial charge in [0.25, 0.3) is 0 Å². The van der Waals surface area contributed by atoms with E-state index in [0.717, 1.165) is 17.7 Å². The van der Waals surface area contributed by atoms with Crippen LogP contribution in [0.15, 0.2) is 24.3 Å². The molecule has 0 N–H and O–H groups in total. The van der Waals surface area contributed by atoms with Crippen LogP contribution in [0.25, 0.3) is 0 Å². The fourth-order valence-electron chi connectivity index (χ4n) is 2.58. The van der Waals surface area contributed by atoms with Gasteiger partial charge in [-0.3, -0.25) is 0 Å². The Morgan fingerprint density at radius 1 is 1.29 bits per heavy atom. The summed E-state index contributed by atoms with van der Waals surface area (Å²) in [5.41, 5.74) is 0.207. The van der Waals surface area contributed by atoms with Gasteiger partial charge >= 0.3 is 5.97 Å². The van der Waals surface area contributed by atoms with Gasteiger partial charge in [-0.15, -0.1) is 0 Å². The van der Waals surface area contributed by atoms with Crippen molar-refractivity contribution in [1.82, 2.24) is 0 Å². The van der Waals surface area contributed by atoms with Crippen molar-refractivity contribution >= 4 is 5.97 Å². The molecule has 0 unspecified atom stereocenters. The topological polar surface area (TPSA) is 48.1 Å². The maximum atomic E-state index is 12.1. The van der Waals surface area contributed by atoms with Crippen LogP contribution in [0.4, 0.5) is 0 Å². The highest BCUT2D eigenvalue weighted by Gasteiger charge is 2.63. The molecule has 2 rings (SSSR count). The summed E-state index contributed by atoms with van der Waals surface area (Å²) >= 11 is 0. The number of carbonyl (C=O) groups is 1. The Balaban J connectivity index is 2.10. The number of hydrogen-bond donors (Lipinski definition) is 0. The summed E-state index contributed by atoms with van der Waals surface area (Å²) in [5, 5.41) is 0. The molecule has 0 radical (unpaired) electrons. The predicted molar refractivity (Wildman–Crippen MR) is 80.3 cm³/mol. The third kappa shape index (κ3) is 3.38. The molecule has 1 heterocycles. The highest BCUT2D eigenvalue weighted by Crippen LogP contribution is 2.53. The molecular weight excluding hydrogens is 268 g/mol. The molecule has 1 aromatic carbocycles. The van der Waals surface area contributed by atoms with E-state index >= 15 is 0 Å². The number of hydrogen-bond acceptors (Lipinski definition) is 4. The van der Waals surface area contributed by atoms with E-state index in [9.17, 15) is 4.79 Å². The first-order chi connectivity index (χ1) is 10.0. The van der Waals surface area contributed by atoms with E-state index in [1.54, 1.807) is 0 Å². The van der Waals surface area contributed by atoms with Crippen LogP contribution in [0.3, 0.4) is 0 Å². The lowest BCUT2D eigenvalue weighted by molar-refractivity contribution is -0.149. The summed E-state index contributed by atoms with van der Waals surface area (Å²) in [4.78, 5) is 12.1. The van der Waals surface area contributed by atoms with Crippen molar-refractivity contribution in [3.8, 4) is 5.75 Å². The molecule has 21 heavy (non-hydrogen) atoms. The molecule has 4 nitrogen and oxygen atoms in total. The van der Waals surface area contributed by atoms with Crippen LogP contribution >= 0.6 is 0 Å². The first-order valence-corrected chi connectivity index (χ1v) is 7.65. The molecule has 1 aliphatic heterocycles. The summed E-state index contributed by atoms with van der Waals surface area (Å²) in [6.45, 7) is 8.21. The summed E-state index contributed by atoms with van der Waals surface area (Å²) in [6, 6.07) is 7.75. The molecule has 116 valence electrons. The smallest absolute Gasteiger partial charge is 0.341 e. The van der Waals surface area contributed by atoms with Crippen molar-refractivity contribution in [2.45, 2.75) is 58.3 Å². The maximum absolute atomic E-state index is 12.1. The van der Waals surface area contributed by atoms with Crippen LogP contribution in [0.5, 0.6) is 5.75 Å². The molecule has 0 saturated carbocycles. The average molecular weight is 292 g/mol. The summed E-state index contributed by atoms with van der Waals surface area (Å²) in [7, 11) is 0. The lowest BCUT2D eigenvalue weighted by Crippen LogP contribution is -2.27. The standard InChI is InChI=1S/C17H24O4/c1-5-11-17(16(18)19-6-2)15(21-17)13-7-9-14(10-8-13)20-12(3)4/h7-10,12,15H,5-6,11H2,1-4H3/t15-,17-/m0/s1. The molecule has 0 bridgehead atoms. The van der Waals surface area contributed by atoms with Gasteiger partial charge in [0.05, 0.1) is 12.7 Å². The largest absolute Gasteiger partial charge is 0.491 e. The average Bonchev–Trinajstić information content (AvgIpc) is 3.15. The van der Waals surface area contributed by atoms with Crippen LogP contribution in [0, 0.1) is 0 Å². The lowest BCUT2D eigenvalue weighted by atomic mass is 9.95. The molecule has 0 aliphatic carbocycles. The van der Waals surface area contributed by atoms with Gasteiger partial charge in [0.1, 0.15) is 11.9 Å². The normalized spacial score (nSPS) is 24.0. The number of ether oxygens (including phenoxy) is 3. The number of carbonyl (C=O) groups excluding carboxylic acids is 1. The van der Waals surface area contributed by atoms with E-state index in [1.165, 1.54) is 0 Å². The highest BCUT2D eigenvalue weighted by atomic mass is 16.7. The number of rotatable bonds is 7. The minimum atomic E-state index is -0.787. The van der Waals surface area contributed by atoms with E-state index in [1.807, 2.05) is 52.0 Å². The van der Waals surface area contributed by atoms with E-state index in [2.05, 4.69) is 0 Å². The highest BCUT2D eigenvalue weighted by molar-refractivity contribution is 5.83. The second-order valence-electron chi connectivity index (χ2n) is 5.59. The monoisotopic (exact) mass is 292 g/mol. The number of benzene rings is 1. The molecule has 0 aromatic heterocycles. The maximum Gasteiger partial charge on any atom is 0.341 e. The Hall–Kier alpha value is -1.55. The predicted octanol–water partition coefficient (Wildman–Crippen LogP) is 3.65. The molecule has 4 heteroatoms. The SMILES string of the molecule is CCC[C@]1(C(=O)OCC)O[C@H]1c1ccc(OC(C)C)cc1. The van der Waals surface area contributed by atoms with Crippen molar-refractivity contribution in [2.24, 2.45) is 0 Å². The zero-order chi connectivity index (χ0) is 15.5. The van der Waals surface area contributed by atoms with Crippen LogP contribution in [0.2, 0.25) is 0 Å². The fourth-order valence-corrected chi connectivity index (χ4v) is 2.58. The first kappa shape index (κ1) is 15.8. The van der Waals surface area contributed by atoms with Crippen LogP contribution in [-0.2, 0) is 14.3 Å². The van der Waals surface area contributed by atoms with Crippen LogP contribution < -0.4 is 4.74 Å². The van der Waals surface area contributed by atoms with Gasteiger partial charge in [0.2, 0.25) is 0 Å². The first-order valence-electron chi connectivity index (χ1n) is 7.65. The van der Waals surface area contributed by atoms with Crippen LogP contribution in [-0.4, -0.2) is 24.3 Å². The minimum absolute atomic E-state index is 0.145. The van der Waals surface area contributed by atoms with E-state index in [-0.39, 0.29) is 18.2 Å². The molecule has 0 spiro atoms. The van der Waals surface area contributed by atoms with Crippen molar-refractivity contribution in [2.75, 3.05) is 6.61 Å². The Bertz CT molecular complexity index is 480. The Kier molecular flexibility index (Phi) is 4.88. The van der Waals surface area contributed by atoms with E-state index < -0.39 is 5.60 Å². The third-order valence-electron chi connectivity index (χ3n) is 3.49. The van der Waals surface area contributed by atoms with Gasteiger partial charge in [0, 0.05) is 0 Å². The van der Waals surface area contributed by atoms with Gasteiger partial charge in [-0.05, 0) is 44.9 Å². The molecule has 0 amide bonds. The number of esters is 1. The summed E-state index contributed by atoms with van der Waals surface area (Å²) in [5.74, 6) is 0.575. The number of epoxide rings is 1. The quantitative estimate of drug-likeness (QED) is 0.568. The molecule has 1 aliphatic rings. The molecule has 1 fully saturated rings. The van der Waals surface area contributed by atoms with Gasteiger partial charge < -0.3 is 14.2 Å². The van der Waals surface area contributed by atoms with Crippen molar-refractivity contribution in [3.05, 3.63) is 29.8 Å². The van der Waals surface area contributed by atoms with Crippen molar-refractivity contribution in [3.63, 3.8) is 0 Å². The Morgan fingerprint density at radius 2 is 1.95 bits per heavy atom. The zero-order valence-corrected chi connectivity index (χ0v) is 13.2. The van der Waals surface area contributed by atoms with Gasteiger partial charge in [-0.1, -0.05) is 25.5 Å². The van der Waals surface area contributed by atoms with Crippen molar-refractivity contribution in [1.29, 1.82) is 0 Å². The molecule has 2 atom stereocenters. The second kappa shape index (κ2) is 6.48. The van der Waals surface area contributed by atoms with E-state index in [0.29, 0.717) is 13.0 Å². The summed E-state index contributed by atoms with van der Waals surface area (Å²) < 4.78 is 16.5. The minimum Gasteiger partial charge on any atom is -0.491 e. The van der Waals surface area contributed by atoms with Gasteiger partial charge in [-0.2, -0.15) is 0 Å².